The normalized spacial score (nSPS) is 16.9. The van der Waals surface area contributed by atoms with Gasteiger partial charge in [0.15, 0.2) is 0 Å². The zero-order chi connectivity index (χ0) is 11.9. The topological polar surface area (TPSA) is 75.4 Å². The summed E-state index contributed by atoms with van der Waals surface area (Å²) in [5.41, 5.74) is 4.69. The van der Waals surface area contributed by atoms with Gasteiger partial charge in [0.1, 0.15) is 0 Å². The molecule has 4 nitrogen and oxygen atoms in total. The van der Waals surface area contributed by atoms with Crippen molar-refractivity contribution in [3.63, 3.8) is 0 Å². The first-order valence-electron chi connectivity index (χ1n) is 5.67. The number of nitrogens with two attached hydrogens (primary N) is 1. The molecule has 2 atom stereocenters. The molecule has 0 saturated heterocycles. The van der Waals surface area contributed by atoms with Gasteiger partial charge in [-0.3, -0.25) is 4.79 Å². The van der Waals surface area contributed by atoms with Crippen molar-refractivity contribution in [2.45, 2.75) is 45.6 Å². The number of aliphatic hydroxyl groups is 1. The number of rotatable bonds is 7. The van der Waals surface area contributed by atoms with E-state index in [1.165, 1.54) is 0 Å². The van der Waals surface area contributed by atoms with E-state index < -0.39 is 5.60 Å². The minimum Gasteiger partial charge on any atom is -0.388 e. The molecule has 0 heterocycles. The van der Waals surface area contributed by atoms with Gasteiger partial charge in [0.2, 0.25) is 5.91 Å². The lowest BCUT2D eigenvalue weighted by Gasteiger charge is -2.23. The summed E-state index contributed by atoms with van der Waals surface area (Å²) in [5.74, 6) is -0.171. The summed E-state index contributed by atoms with van der Waals surface area (Å²) in [5, 5.41) is 12.5. The summed E-state index contributed by atoms with van der Waals surface area (Å²) < 4.78 is 0. The zero-order valence-electron chi connectivity index (χ0n) is 10.0. The van der Waals surface area contributed by atoms with E-state index in [1.807, 2.05) is 13.8 Å². The second-order valence-corrected chi connectivity index (χ2v) is 4.29. The second-order valence-electron chi connectivity index (χ2n) is 4.29. The average molecular weight is 216 g/mol. The van der Waals surface area contributed by atoms with Gasteiger partial charge >= 0.3 is 0 Å². The van der Waals surface area contributed by atoms with Crippen LogP contribution in [-0.4, -0.2) is 29.7 Å². The highest BCUT2D eigenvalue weighted by Gasteiger charge is 2.21. The van der Waals surface area contributed by atoms with Crippen molar-refractivity contribution in [2.24, 2.45) is 11.7 Å². The van der Waals surface area contributed by atoms with Crippen LogP contribution in [0.15, 0.2) is 0 Å². The molecule has 1 amide bonds. The van der Waals surface area contributed by atoms with Crippen LogP contribution >= 0.6 is 0 Å². The van der Waals surface area contributed by atoms with Crippen molar-refractivity contribution in [1.29, 1.82) is 0 Å². The van der Waals surface area contributed by atoms with E-state index in [-0.39, 0.29) is 11.8 Å². The molecule has 90 valence electrons. The van der Waals surface area contributed by atoms with Crippen LogP contribution in [0.25, 0.3) is 0 Å². The first-order chi connectivity index (χ1) is 6.96. The van der Waals surface area contributed by atoms with Crippen LogP contribution < -0.4 is 11.1 Å². The summed E-state index contributed by atoms with van der Waals surface area (Å²) in [7, 11) is 0. The molecule has 0 fully saturated rings. The predicted molar refractivity (Wildman–Crippen MR) is 61.4 cm³/mol. The molecular weight excluding hydrogens is 192 g/mol. The minimum absolute atomic E-state index is 0.0481. The average Bonchev–Trinajstić information content (AvgIpc) is 2.22. The van der Waals surface area contributed by atoms with Gasteiger partial charge < -0.3 is 16.2 Å². The quantitative estimate of drug-likeness (QED) is 0.584. The molecule has 0 rings (SSSR count). The van der Waals surface area contributed by atoms with Gasteiger partial charge in [0.05, 0.1) is 11.5 Å². The maximum absolute atomic E-state index is 11.6. The van der Waals surface area contributed by atoms with Crippen LogP contribution in [0.5, 0.6) is 0 Å². The summed E-state index contributed by atoms with van der Waals surface area (Å²) in [6, 6.07) is 0. The monoisotopic (exact) mass is 216 g/mol. The fourth-order valence-electron chi connectivity index (χ4n) is 1.25. The number of hydrogen-bond acceptors (Lipinski definition) is 3. The molecule has 4 N–H and O–H groups in total. The third kappa shape index (κ3) is 5.74. The number of carbonyl (C=O) groups is 1. The molecule has 0 aromatic carbocycles. The van der Waals surface area contributed by atoms with Crippen LogP contribution in [0.2, 0.25) is 0 Å². The number of hydrogen-bond donors (Lipinski definition) is 3. The Balaban J connectivity index is 4.01. The Kier molecular flexibility index (Phi) is 6.52. The highest BCUT2D eigenvalue weighted by Crippen LogP contribution is 2.08. The van der Waals surface area contributed by atoms with Crippen molar-refractivity contribution < 1.29 is 9.90 Å². The lowest BCUT2D eigenvalue weighted by Crippen LogP contribution is -2.43. The van der Waals surface area contributed by atoms with Crippen molar-refractivity contribution in [1.82, 2.24) is 5.32 Å². The van der Waals surface area contributed by atoms with Crippen LogP contribution in [0.4, 0.5) is 0 Å². The van der Waals surface area contributed by atoms with Crippen LogP contribution in [0.1, 0.15) is 40.0 Å². The minimum atomic E-state index is -0.818. The molecular formula is C11H24N2O2. The zero-order valence-corrected chi connectivity index (χ0v) is 10.0. The van der Waals surface area contributed by atoms with Crippen molar-refractivity contribution in [3.8, 4) is 0 Å². The second kappa shape index (κ2) is 6.80. The predicted octanol–water partition coefficient (Wildman–Crippen LogP) is 0.639. The summed E-state index contributed by atoms with van der Waals surface area (Å²) >= 11 is 0. The van der Waals surface area contributed by atoms with Gasteiger partial charge in [-0.25, -0.2) is 0 Å². The van der Waals surface area contributed by atoms with E-state index >= 15 is 0 Å². The molecule has 0 aliphatic heterocycles. The first-order valence-corrected chi connectivity index (χ1v) is 5.67. The van der Waals surface area contributed by atoms with Gasteiger partial charge in [0, 0.05) is 13.1 Å². The Morgan fingerprint density at radius 1 is 1.53 bits per heavy atom. The van der Waals surface area contributed by atoms with Crippen molar-refractivity contribution in [2.75, 3.05) is 13.1 Å². The van der Waals surface area contributed by atoms with Crippen molar-refractivity contribution in [3.05, 3.63) is 0 Å². The Labute approximate surface area is 92.2 Å². The molecule has 0 aliphatic carbocycles. The third-order valence-electron chi connectivity index (χ3n) is 2.70. The Morgan fingerprint density at radius 3 is 2.53 bits per heavy atom. The Hall–Kier alpha value is -0.610. The highest BCUT2D eigenvalue weighted by atomic mass is 16.3. The lowest BCUT2D eigenvalue weighted by atomic mass is 10.0. The van der Waals surface area contributed by atoms with E-state index in [2.05, 4.69) is 5.32 Å². The van der Waals surface area contributed by atoms with Gasteiger partial charge in [0.25, 0.3) is 0 Å². The van der Waals surface area contributed by atoms with Crippen molar-refractivity contribution >= 4 is 5.91 Å². The van der Waals surface area contributed by atoms with Crippen LogP contribution in [0.3, 0.4) is 0 Å². The lowest BCUT2D eigenvalue weighted by molar-refractivity contribution is -0.126. The van der Waals surface area contributed by atoms with E-state index in [1.54, 1.807) is 6.92 Å². The van der Waals surface area contributed by atoms with Gasteiger partial charge in [-0.05, 0) is 19.8 Å². The maximum Gasteiger partial charge on any atom is 0.224 e. The summed E-state index contributed by atoms with van der Waals surface area (Å²) in [6.07, 6.45) is 2.37. The highest BCUT2D eigenvalue weighted by molar-refractivity contribution is 5.78. The Morgan fingerprint density at radius 2 is 2.13 bits per heavy atom. The number of carbonyl (C=O) groups excluding carboxylic acids is 1. The Bertz CT molecular complexity index is 193. The number of amides is 1. The maximum atomic E-state index is 11.6. The standard InChI is InChI=1S/C11H24N2O2/c1-4-6-9(7-12)10(14)13-8-11(3,15)5-2/h9,15H,4-8,12H2,1-3H3,(H,13,14). The van der Waals surface area contributed by atoms with Crippen LogP contribution in [-0.2, 0) is 4.79 Å². The molecule has 0 radical (unpaired) electrons. The molecule has 0 aromatic heterocycles. The third-order valence-corrected chi connectivity index (χ3v) is 2.70. The summed E-state index contributed by atoms with van der Waals surface area (Å²) in [4.78, 5) is 11.6. The van der Waals surface area contributed by atoms with E-state index in [0.29, 0.717) is 19.5 Å². The molecule has 0 saturated carbocycles. The SMILES string of the molecule is CCCC(CN)C(=O)NCC(C)(O)CC. The first kappa shape index (κ1) is 14.4. The van der Waals surface area contributed by atoms with E-state index in [9.17, 15) is 9.90 Å². The van der Waals surface area contributed by atoms with Gasteiger partial charge in [-0.2, -0.15) is 0 Å². The fourth-order valence-corrected chi connectivity index (χ4v) is 1.25. The van der Waals surface area contributed by atoms with Gasteiger partial charge in [-0.1, -0.05) is 20.3 Å². The fraction of sp³-hybridized carbons (Fsp3) is 0.909. The molecule has 0 bridgehead atoms. The van der Waals surface area contributed by atoms with E-state index in [4.69, 9.17) is 5.73 Å². The molecule has 2 unspecified atom stereocenters. The molecule has 4 heteroatoms. The van der Waals surface area contributed by atoms with E-state index in [0.717, 1.165) is 12.8 Å². The van der Waals surface area contributed by atoms with Gasteiger partial charge in [-0.15, -0.1) is 0 Å². The smallest absolute Gasteiger partial charge is 0.224 e. The molecule has 0 aliphatic rings. The molecule has 0 aromatic rings. The largest absolute Gasteiger partial charge is 0.388 e. The molecule has 0 spiro atoms. The van der Waals surface area contributed by atoms with Crippen LogP contribution in [0, 0.1) is 5.92 Å². The molecule has 15 heavy (non-hydrogen) atoms. The number of nitrogens with one attached hydrogen (secondary N) is 1. The summed E-state index contributed by atoms with van der Waals surface area (Å²) in [6.45, 7) is 6.29.